The molecule has 0 aliphatic carbocycles. The molecule has 2 aromatic rings. The Labute approximate surface area is 161 Å². The maximum Gasteiger partial charge on any atom is 0.446 e. The van der Waals surface area contributed by atoms with E-state index in [2.05, 4.69) is 4.99 Å². The second-order valence-corrected chi connectivity index (χ2v) is 8.36. The Morgan fingerprint density at radius 2 is 2.00 bits per heavy atom. The van der Waals surface area contributed by atoms with Crippen LogP contribution in [0, 0.1) is 6.92 Å². The Balaban J connectivity index is 1.85. The largest absolute Gasteiger partial charge is 0.507 e. The highest BCUT2D eigenvalue weighted by molar-refractivity contribution is 8.00. The normalized spacial score (nSPS) is 18.1. The average Bonchev–Trinajstić information content (AvgIpc) is 2.79. The summed E-state index contributed by atoms with van der Waals surface area (Å²) in [5, 5.41) is 10.1. The molecule has 0 amide bonds. The summed E-state index contributed by atoms with van der Waals surface area (Å²) in [6.45, 7) is 2.05. The predicted molar refractivity (Wildman–Crippen MR) is 101 cm³/mol. The topological polar surface area (TPSA) is 62.8 Å². The summed E-state index contributed by atoms with van der Waals surface area (Å²) in [4.78, 5) is 16.7. The van der Waals surface area contributed by atoms with Crippen molar-refractivity contribution in [3.63, 3.8) is 0 Å². The number of alkyl halides is 3. The van der Waals surface area contributed by atoms with Gasteiger partial charge in [0.05, 0.1) is 5.71 Å². The second kappa shape index (κ2) is 8.02. The smallest absolute Gasteiger partial charge is 0.446 e. The molecule has 1 aliphatic rings. The third-order valence-corrected chi connectivity index (χ3v) is 5.92. The molecule has 144 valence electrons. The van der Waals surface area contributed by atoms with Gasteiger partial charge in [0, 0.05) is 34.9 Å². The lowest BCUT2D eigenvalue weighted by Gasteiger charge is -2.16. The van der Waals surface area contributed by atoms with Crippen LogP contribution in [0.5, 0.6) is 5.75 Å². The van der Waals surface area contributed by atoms with E-state index in [1.54, 1.807) is 30.8 Å². The van der Waals surface area contributed by atoms with Gasteiger partial charge in [-0.05, 0) is 36.4 Å². The maximum absolute atomic E-state index is 12.5. The van der Waals surface area contributed by atoms with Gasteiger partial charge in [0.1, 0.15) is 17.1 Å². The minimum absolute atomic E-state index is 0.0531. The van der Waals surface area contributed by atoms with E-state index in [-0.39, 0.29) is 33.2 Å². The molecule has 1 atom stereocenters. The van der Waals surface area contributed by atoms with Gasteiger partial charge in [0.15, 0.2) is 0 Å². The molecule has 3 rings (SSSR count). The van der Waals surface area contributed by atoms with Crippen molar-refractivity contribution in [3.8, 4) is 5.75 Å². The summed E-state index contributed by atoms with van der Waals surface area (Å²) in [6.07, 6.45) is 0.373. The highest BCUT2D eigenvalue weighted by Gasteiger charge is 2.29. The van der Waals surface area contributed by atoms with E-state index in [4.69, 9.17) is 4.42 Å². The van der Waals surface area contributed by atoms with Crippen LogP contribution in [0.3, 0.4) is 0 Å². The van der Waals surface area contributed by atoms with Gasteiger partial charge >= 0.3 is 11.1 Å². The molecular formula is C18H16F3NO3S2. The van der Waals surface area contributed by atoms with Gasteiger partial charge in [0.25, 0.3) is 0 Å². The van der Waals surface area contributed by atoms with Crippen LogP contribution in [-0.4, -0.2) is 28.6 Å². The number of aromatic hydroxyl groups is 1. The summed E-state index contributed by atoms with van der Waals surface area (Å²) in [6, 6.07) is 7.56. The van der Waals surface area contributed by atoms with E-state index in [1.807, 2.05) is 0 Å². The molecule has 1 aromatic heterocycles. The van der Waals surface area contributed by atoms with Crippen LogP contribution in [0.25, 0.3) is 0 Å². The van der Waals surface area contributed by atoms with Gasteiger partial charge in [-0.1, -0.05) is 12.1 Å². The van der Waals surface area contributed by atoms with Gasteiger partial charge < -0.3 is 9.52 Å². The number of hydrogen-bond acceptors (Lipinski definition) is 6. The summed E-state index contributed by atoms with van der Waals surface area (Å²) >= 11 is 1.46. The quantitative estimate of drug-likeness (QED) is 0.720. The lowest BCUT2D eigenvalue weighted by atomic mass is 10.0. The SMILES string of the molecule is Cc1cc(O)c(C2=NCCSC(c3ccc(SC(F)(F)F)cc3)C2)c(=O)o1. The van der Waals surface area contributed by atoms with Gasteiger partial charge in [-0.25, -0.2) is 4.79 Å². The first-order valence-corrected chi connectivity index (χ1v) is 9.94. The number of benzene rings is 1. The summed E-state index contributed by atoms with van der Waals surface area (Å²) in [5.41, 5.74) is -3.62. The first-order chi connectivity index (χ1) is 12.7. The van der Waals surface area contributed by atoms with E-state index >= 15 is 0 Å². The third kappa shape index (κ3) is 5.10. The molecule has 27 heavy (non-hydrogen) atoms. The molecule has 0 saturated carbocycles. The number of nitrogens with zero attached hydrogens (tertiary/aromatic N) is 1. The number of thioether (sulfide) groups is 2. The van der Waals surface area contributed by atoms with Crippen molar-refractivity contribution in [2.24, 2.45) is 4.99 Å². The monoisotopic (exact) mass is 415 g/mol. The fourth-order valence-corrected chi connectivity index (χ4v) is 4.46. The van der Waals surface area contributed by atoms with E-state index in [9.17, 15) is 23.1 Å². The van der Waals surface area contributed by atoms with E-state index in [0.717, 1.165) is 5.56 Å². The zero-order valence-corrected chi connectivity index (χ0v) is 15.9. The number of aryl methyl sites for hydroxylation is 1. The standard InChI is InChI=1S/C18H16F3NO3S2/c1-10-8-14(23)16(17(24)25-10)13-9-15(26-7-6-22-13)11-2-4-12(5-3-11)27-18(19,20)21/h2-5,8,15,23H,6-7,9H2,1H3. The van der Waals surface area contributed by atoms with Crippen LogP contribution in [0.4, 0.5) is 13.2 Å². The molecule has 4 nitrogen and oxygen atoms in total. The number of halogens is 3. The number of hydrogen-bond donors (Lipinski definition) is 1. The minimum atomic E-state index is -4.32. The zero-order valence-electron chi connectivity index (χ0n) is 14.2. The predicted octanol–water partition coefficient (Wildman–Crippen LogP) is 4.93. The molecule has 0 spiro atoms. The minimum Gasteiger partial charge on any atom is -0.507 e. The van der Waals surface area contributed by atoms with E-state index in [1.165, 1.54) is 18.2 Å². The molecule has 0 bridgehead atoms. The van der Waals surface area contributed by atoms with Crippen LogP contribution in [0.2, 0.25) is 0 Å². The lowest BCUT2D eigenvalue weighted by Crippen LogP contribution is -2.17. The molecule has 2 heterocycles. The van der Waals surface area contributed by atoms with Crippen LogP contribution in [-0.2, 0) is 0 Å². The molecule has 1 aliphatic heterocycles. The Hall–Kier alpha value is -1.87. The van der Waals surface area contributed by atoms with Crippen molar-refractivity contribution in [1.82, 2.24) is 0 Å². The highest BCUT2D eigenvalue weighted by Crippen LogP contribution is 2.39. The summed E-state index contributed by atoms with van der Waals surface area (Å²) in [5.74, 6) is 0.828. The Kier molecular flexibility index (Phi) is 5.90. The fraction of sp³-hybridized carbons (Fsp3) is 0.333. The molecule has 1 unspecified atom stereocenters. The fourth-order valence-electron chi connectivity index (χ4n) is 2.82. The Bertz CT molecular complexity index is 908. The van der Waals surface area contributed by atoms with Crippen LogP contribution >= 0.6 is 23.5 Å². The van der Waals surface area contributed by atoms with Gasteiger partial charge in [-0.3, -0.25) is 4.99 Å². The Morgan fingerprint density at radius 1 is 1.30 bits per heavy atom. The van der Waals surface area contributed by atoms with Crippen molar-refractivity contribution in [2.45, 2.75) is 29.0 Å². The Morgan fingerprint density at radius 3 is 2.63 bits per heavy atom. The van der Waals surface area contributed by atoms with Gasteiger partial charge in [-0.15, -0.1) is 0 Å². The zero-order chi connectivity index (χ0) is 19.6. The molecular weight excluding hydrogens is 399 g/mol. The van der Waals surface area contributed by atoms with Crippen LogP contribution in [0.15, 0.2) is 49.4 Å². The highest BCUT2D eigenvalue weighted by atomic mass is 32.2. The molecule has 0 saturated heterocycles. The van der Waals surface area contributed by atoms with Crippen molar-refractivity contribution >= 4 is 29.2 Å². The van der Waals surface area contributed by atoms with Crippen LogP contribution < -0.4 is 5.63 Å². The van der Waals surface area contributed by atoms with Crippen molar-refractivity contribution in [3.05, 3.63) is 57.6 Å². The second-order valence-electron chi connectivity index (χ2n) is 5.91. The van der Waals surface area contributed by atoms with Crippen LogP contribution in [0.1, 0.15) is 28.6 Å². The van der Waals surface area contributed by atoms with E-state index < -0.39 is 11.1 Å². The number of rotatable bonds is 3. The van der Waals surface area contributed by atoms with Crippen molar-refractivity contribution in [2.75, 3.05) is 12.3 Å². The first kappa shape index (κ1) is 19.9. The maximum atomic E-state index is 12.5. The molecule has 0 radical (unpaired) electrons. The summed E-state index contributed by atoms with van der Waals surface area (Å²) in [7, 11) is 0. The van der Waals surface area contributed by atoms with Gasteiger partial charge in [-0.2, -0.15) is 24.9 Å². The molecule has 1 N–H and O–H groups in total. The van der Waals surface area contributed by atoms with Crippen molar-refractivity contribution in [1.29, 1.82) is 0 Å². The third-order valence-electron chi connectivity index (χ3n) is 3.92. The first-order valence-electron chi connectivity index (χ1n) is 8.07. The van der Waals surface area contributed by atoms with E-state index in [0.29, 0.717) is 30.2 Å². The average molecular weight is 415 g/mol. The lowest BCUT2D eigenvalue weighted by molar-refractivity contribution is -0.0328. The molecule has 9 heteroatoms. The van der Waals surface area contributed by atoms with Gasteiger partial charge in [0.2, 0.25) is 0 Å². The molecule has 1 aromatic carbocycles. The van der Waals surface area contributed by atoms with Crippen molar-refractivity contribution < 1.29 is 22.7 Å². The molecule has 0 fully saturated rings. The number of aliphatic imine (C=N–C) groups is 1. The summed E-state index contributed by atoms with van der Waals surface area (Å²) < 4.78 is 42.5.